The van der Waals surface area contributed by atoms with Crippen LogP contribution in [-0.4, -0.2) is 44.5 Å². The fourth-order valence-electron chi connectivity index (χ4n) is 0.831. The zero-order chi connectivity index (χ0) is 18.1. The molecule has 136 valence electrons. The molecule has 0 aliphatic carbocycles. The number of methoxy groups -OCH3 is 1. The highest BCUT2D eigenvalue weighted by molar-refractivity contribution is 8.67. The quantitative estimate of drug-likeness (QED) is 0.598. The lowest BCUT2D eigenvalue weighted by Crippen LogP contribution is -2.12. The number of hydrogen-bond acceptors (Lipinski definition) is 11. The Labute approximate surface area is 151 Å². The first kappa shape index (κ1) is 23.6. The van der Waals surface area contributed by atoms with E-state index >= 15 is 0 Å². The SMILES string of the molecule is COP(N)(=O)SC.COc1nn(CSP(=S)(OC)OC)c(=O)s1. The fourth-order valence-corrected chi connectivity index (χ4v) is 4.69. The summed E-state index contributed by atoms with van der Waals surface area (Å²) in [5.74, 6) is 0.289. The minimum absolute atomic E-state index is 0.196. The summed E-state index contributed by atoms with van der Waals surface area (Å²) in [5.41, 5.74) is 2.66. The Bertz CT molecular complexity index is 607. The van der Waals surface area contributed by atoms with Crippen LogP contribution in [0, 0.1) is 0 Å². The lowest BCUT2D eigenvalue weighted by Gasteiger charge is -2.15. The molecule has 0 saturated carbocycles. The van der Waals surface area contributed by atoms with E-state index in [0.29, 0.717) is 5.19 Å². The van der Waals surface area contributed by atoms with Crippen molar-refractivity contribution in [2.24, 2.45) is 5.50 Å². The Hall–Kier alpha value is 0.580. The van der Waals surface area contributed by atoms with Crippen LogP contribution in [0.2, 0.25) is 0 Å². The zero-order valence-electron chi connectivity index (χ0n) is 13.2. The highest BCUT2D eigenvalue weighted by atomic mass is 32.9. The molecule has 1 rings (SSSR count). The van der Waals surface area contributed by atoms with E-state index in [2.05, 4.69) is 9.62 Å². The van der Waals surface area contributed by atoms with Crippen LogP contribution in [0.25, 0.3) is 0 Å². The molecule has 1 unspecified atom stereocenters. The van der Waals surface area contributed by atoms with E-state index < -0.39 is 12.4 Å². The third kappa shape index (κ3) is 9.01. The molecule has 0 aliphatic rings. The van der Waals surface area contributed by atoms with Crippen LogP contribution in [0.15, 0.2) is 4.79 Å². The summed E-state index contributed by atoms with van der Waals surface area (Å²) < 4.78 is 31.1. The normalized spacial score (nSPS) is 13.8. The average molecular weight is 443 g/mol. The van der Waals surface area contributed by atoms with Crippen LogP contribution in [0.5, 0.6) is 5.19 Å². The molecule has 1 atom stereocenters. The van der Waals surface area contributed by atoms with Gasteiger partial charge in [-0.1, -0.05) is 11.4 Å². The summed E-state index contributed by atoms with van der Waals surface area (Å²) in [4.78, 5) is 11.2. The maximum absolute atomic E-state index is 11.4. The third-order valence-electron chi connectivity index (χ3n) is 2.06. The van der Waals surface area contributed by atoms with Crippen molar-refractivity contribution in [1.82, 2.24) is 9.78 Å². The summed E-state index contributed by atoms with van der Waals surface area (Å²) in [6, 6.07) is 0. The molecular weight excluding hydrogens is 424 g/mol. The molecule has 2 N–H and O–H groups in total. The molecule has 0 aromatic carbocycles. The van der Waals surface area contributed by atoms with Crippen molar-refractivity contribution in [3.8, 4) is 5.19 Å². The first-order valence-corrected chi connectivity index (χ1v) is 14.2. The molecule has 0 amide bonds. The Morgan fingerprint density at radius 2 is 1.87 bits per heavy atom. The van der Waals surface area contributed by atoms with Crippen LogP contribution in [0.3, 0.4) is 0 Å². The number of aromatic nitrogens is 2. The highest BCUT2D eigenvalue weighted by Gasteiger charge is 2.18. The minimum atomic E-state index is -2.74. The van der Waals surface area contributed by atoms with Crippen molar-refractivity contribution in [3.63, 3.8) is 0 Å². The Kier molecular flexibility index (Phi) is 11.5. The number of hydrogen-bond donors (Lipinski definition) is 1. The lowest BCUT2D eigenvalue weighted by molar-refractivity contribution is 0.353. The summed E-state index contributed by atoms with van der Waals surface area (Å²) in [6.45, 7) is -2.74. The Balaban J connectivity index is 0.000000585. The van der Waals surface area contributed by atoms with Crippen LogP contribution < -0.4 is 15.1 Å². The fraction of sp³-hybridized carbons (Fsp3) is 0.750. The number of nitrogens with two attached hydrogens (primary N) is 1. The van der Waals surface area contributed by atoms with Gasteiger partial charge in [-0.2, -0.15) is 0 Å². The van der Waals surface area contributed by atoms with Crippen molar-refractivity contribution in [2.75, 3.05) is 34.7 Å². The maximum atomic E-state index is 11.4. The molecule has 23 heavy (non-hydrogen) atoms. The lowest BCUT2D eigenvalue weighted by atomic mass is 11.2. The van der Waals surface area contributed by atoms with E-state index in [1.165, 1.54) is 44.5 Å². The molecule has 0 spiro atoms. The smallest absolute Gasteiger partial charge is 0.329 e. The number of rotatable bonds is 8. The van der Waals surface area contributed by atoms with E-state index in [4.69, 9.17) is 31.1 Å². The summed E-state index contributed by atoms with van der Waals surface area (Å²) in [7, 11) is 5.77. The molecule has 15 heteroatoms. The summed E-state index contributed by atoms with van der Waals surface area (Å²) >= 11 is 8.36. The van der Waals surface area contributed by atoms with Crippen molar-refractivity contribution < 1.29 is 22.9 Å². The molecule has 1 heterocycles. The van der Waals surface area contributed by atoms with Gasteiger partial charge in [0.1, 0.15) is 5.88 Å². The van der Waals surface area contributed by atoms with Gasteiger partial charge in [0.05, 0.1) is 7.11 Å². The second-order valence-corrected chi connectivity index (χ2v) is 15.1. The van der Waals surface area contributed by atoms with Gasteiger partial charge in [0, 0.05) is 21.3 Å². The van der Waals surface area contributed by atoms with Gasteiger partial charge in [0.2, 0.25) is 5.69 Å². The molecule has 0 fully saturated rings. The van der Waals surface area contributed by atoms with E-state index in [1.807, 2.05) is 0 Å². The van der Waals surface area contributed by atoms with Crippen molar-refractivity contribution in [3.05, 3.63) is 9.67 Å². The second-order valence-electron chi connectivity index (χ2n) is 3.31. The molecule has 0 bridgehead atoms. The minimum Gasteiger partial charge on any atom is -0.472 e. The average Bonchev–Trinajstić information content (AvgIpc) is 2.93. The zero-order valence-corrected chi connectivity index (χ0v) is 18.2. The molecule has 0 aliphatic heterocycles. The monoisotopic (exact) mass is 443 g/mol. The van der Waals surface area contributed by atoms with Crippen LogP contribution in [-0.2, 0) is 35.8 Å². The topological polar surface area (TPSA) is 115 Å². The van der Waals surface area contributed by atoms with Gasteiger partial charge in [0.25, 0.3) is 5.19 Å². The van der Waals surface area contributed by atoms with E-state index in [9.17, 15) is 9.36 Å². The van der Waals surface area contributed by atoms with Crippen molar-refractivity contribution in [1.29, 1.82) is 0 Å². The maximum Gasteiger partial charge on any atom is 0.329 e. The van der Waals surface area contributed by atoms with Crippen molar-refractivity contribution >= 4 is 58.3 Å². The first-order valence-electron chi connectivity index (χ1n) is 5.65. The van der Waals surface area contributed by atoms with E-state index in [0.717, 1.165) is 22.7 Å². The van der Waals surface area contributed by atoms with E-state index in [-0.39, 0.29) is 10.7 Å². The number of ether oxygens (including phenoxy) is 1. The standard InChI is InChI=1S/C6H11N2O4PS3.C2H8NO2PS/c1-10-5-7-8(6(9)16-5)4-15-13(14,11-2)12-3;1-5-6(3,4)7-2/h4H2,1-3H3;1-2H3,(H2,3,4). The molecule has 1 aromatic rings. The van der Waals surface area contributed by atoms with Crippen LogP contribution in [0.4, 0.5) is 0 Å². The van der Waals surface area contributed by atoms with E-state index in [1.54, 1.807) is 6.26 Å². The molecule has 9 nitrogen and oxygen atoms in total. The van der Waals surface area contributed by atoms with Gasteiger partial charge < -0.3 is 18.3 Å². The van der Waals surface area contributed by atoms with Gasteiger partial charge in [-0.05, 0) is 40.8 Å². The predicted molar refractivity (Wildman–Crippen MR) is 101 cm³/mol. The van der Waals surface area contributed by atoms with Crippen LogP contribution >= 0.6 is 46.5 Å². The van der Waals surface area contributed by atoms with Crippen LogP contribution in [0.1, 0.15) is 0 Å². The molecule has 0 saturated heterocycles. The summed E-state index contributed by atoms with van der Waals surface area (Å²) in [5, 5.41) is 4.27. The molecule has 1 aromatic heterocycles. The largest absolute Gasteiger partial charge is 0.472 e. The van der Waals surface area contributed by atoms with Gasteiger partial charge >= 0.3 is 11.6 Å². The van der Waals surface area contributed by atoms with Gasteiger partial charge in [-0.3, -0.25) is 14.9 Å². The van der Waals surface area contributed by atoms with Gasteiger partial charge in [0.15, 0.2) is 0 Å². The van der Waals surface area contributed by atoms with Crippen molar-refractivity contribution in [2.45, 2.75) is 5.88 Å². The molecule has 0 radical (unpaired) electrons. The Morgan fingerprint density at radius 1 is 1.30 bits per heavy atom. The van der Waals surface area contributed by atoms with Gasteiger partial charge in [-0.25, -0.2) is 4.68 Å². The number of nitrogens with zero attached hydrogens (tertiary/aromatic N) is 2. The third-order valence-corrected chi connectivity index (χ3v) is 11.5. The summed E-state index contributed by atoms with van der Waals surface area (Å²) in [6.07, 6.45) is 1.64. The molecular formula is C8H19N3O6P2S4. The highest BCUT2D eigenvalue weighted by Crippen LogP contribution is 2.60. The Morgan fingerprint density at radius 3 is 2.17 bits per heavy atom. The predicted octanol–water partition coefficient (Wildman–Crippen LogP) is 2.58. The first-order chi connectivity index (χ1) is 10.7. The van der Waals surface area contributed by atoms with Gasteiger partial charge in [-0.15, -0.1) is 5.10 Å². The second kappa shape index (κ2) is 11.2.